The third kappa shape index (κ3) is 5.10. The molecule has 1 aliphatic rings. The maximum atomic E-state index is 4.53. The second-order valence-corrected chi connectivity index (χ2v) is 7.32. The third-order valence-electron chi connectivity index (χ3n) is 4.53. The summed E-state index contributed by atoms with van der Waals surface area (Å²) in [4.78, 5) is 4.53. The number of rotatable bonds is 8. The van der Waals surface area contributed by atoms with E-state index in [-0.39, 0.29) is 0 Å². The van der Waals surface area contributed by atoms with E-state index in [1.54, 1.807) is 6.33 Å². The molecular weight excluding hydrogens is 260 g/mol. The van der Waals surface area contributed by atoms with Gasteiger partial charge in [0.2, 0.25) is 0 Å². The smallest absolute Gasteiger partial charge is 0.138 e. The Balaban J connectivity index is 2.01. The average molecular weight is 292 g/mol. The topological polar surface area (TPSA) is 42.7 Å². The summed E-state index contributed by atoms with van der Waals surface area (Å²) in [5.41, 5.74) is 0. The largest absolute Gasteiger partial charge is 0.314 e. The molecule has 1 fully saturated rings. The lowest BCUT2D eigenvalue weighted by Gasteiger charge is -2.25. The normalized spacial score (nSPS) is 18.0. The van der Waals surface area contributed by atoms with Crippen LogP contribution >= 0.6 is 0 Å². The van der Waals surface area contributed by atoms with Gasteiger partial charge in [0.1, 0.15) is 12.2 Å². The summed E-state index contributed by atoms with van der Waals surface area (Å²) >= 11 is 0. The minimum atomic E-state index is 0.558. The predicted molar refractivity (Wildman–Crippen MR) is 87.2 cm³/mol. The number of nitrogens with one attached hydrogen (secondary N) is 1. The minimum absolute atomic E-state index is 0.558. The van der Waals surface area contributed by atoms with Crippen molar-refractivity contribution in [2.75, 3.05) is 6.54 Å². The van der Waals surface area contributed by atoms with Gasteiger partial charge in [-0.15, -0.1) is 0 Å². The van der Waals surface area contributed by atoms with Crippen LogP contribution in [-0.2, 0) is 13.0 Å². The first-order chi connectivity index (χ1) is 10.1. The molecule has 0 aliphatic heterocycles. The van der Waals surface area contributed by atoms with E-state index in [0.29, 0.717) is 17.9 Å². The van der Waals surface area contributed by atoms with E-state index in [1.165, 1.54) is 31.5 Å². The highest BCUT2D eigenvalue weighted by Crippen LogP contribution is 2.32. The molecule has 1 atom stereocenters. The summed E-state index contributed by atoms with van der Waals surface area (Å²) in [6.07, 6.45) is 8.38. The maximum Gasteiger partial charge on any atom is 0.138 e. The number of nitrogens with zero attached hydrogens (tertiary/aromatic N) is 3. The Labute approximate surface area is 129 Å². The first-order valence-electron chi connectivity index (χ1n) is 8.66. The van der Waals surface area contributed by atoms with Crippen molar-refractivity contribution in [3.05, 3.63) is 12.2 Å². The molecule has 4 nitrogen and oxygen atoms in total. The maximum absolute atomic E-state index is 4.53. The fourth-order valence-electron chi connectivity index (χ4n) is 3.40. The van der Waals surface area contributed by atoms with Crippen molar-refractivity contribution in [1.82, 2.24) is 20.1 Å². The standard InChI is InChI=1S/C17H32N4/c1-13(2)11-21-17(19-12-20-21)9-16(10-18-14(3)4)15-7-5-6-8-15/h12-16,18H,5-11H2,1-4H3. The molecule has 4 heteroatoms. The van der Waals surface area contributed by atoms with Gasteiger partial charge in [0.25, 0.3) is 0 Å². The number of hydrogen-bond donors (Lipinski definition) is 1. The Bertz CT molecular complexity index is 405. The first-order valence-corrected chi connectivity index (χ1v) is 8.66. The van der Waals surface area contributed by atoms with E-state index in [0.717, 1.165) is 25.4 Å². The molecule has 0 radical (unpaired) electrons. The Morgan fingerprint density at radius 1 is 1.24 bits per heavy atom. The second-order valence-electron chi connectivity index (χ2n) is 7.32. The minimum Gasteiger partial charge on any atom is -0.314 e. The van der Waals surface area contributed by atoms with Gasteiger partial charge < -0.3 is 5.32 Å². The molecule has 2 rings (SSSR count). The van der Waals surface area contributed by atoms with Gasteiger partial charge in [0.15, 0.2) is 0 Å². The van der Waals surface area contributed by atoms with E-state index in [9.17, 15) is 0 Å². The van der Waals surface area contributed by atoms with Crippen LogP contribution in [0.3, 0.4) is 0 Å². The fourth-order valence-corrected chi connectivity index (χ4v) is 3.40. The zero-order chi connectivity index (χ0) is 15.2. The Morgan fingerprint density at radius 3 is 2.57 bits per heavy atom. The van der Waals surface area contributed by atoms with E-state index in [1.807, 2.05) is 0 Å². The van der Waals surface area contributed by atoms with Crippen LogP contribution in [0.1, 0.15) is 59.2 Å². The Morgan fingerprint density at radius 2 is 1.95 bits per heavy atom. The lowest BCUT2D eigenvalue weighted by Crippen LogP contribution is -2.33. The molecule has 1 N–H and O–H groups in total. The van der Waals surface area contributed by atoms with Gasteiger partial charge in [-0.1, -0.05) is 53.4 Å². The van der Waals surface area contributed by atoms with Crippen LogP contribution in [0.25, 0.3) is 0 Å². The fraction of sp³-hybridized carbons (Fsp3) is 0.882. The zero-order valence-corrected chi connectivity index (χ0v) is 14.2. The summed E-state index contributed by atoms with van der Waals surface area (Å²) < 4.78 is 2.11. The van der Waals surface area contributed by atoms with Crippen LogP contribution in [0.2, 0.25) is 0 Å². The van der Waals surface area contributed by atoms with Gasteiger partial charge >= 0.3 is 0 Å². The molecule has 0 spiro atoms. The highest BCUT2D eigenvalue weighted by molar-refractivity contribution is 4.91. The second kappa shape index (κ2) is 7.92. The van der Waals surface area contributed by atoms with Gasteiger partial charge in [-0.3, -0.25) is 0 Å². The Kier molecular flexibility index (Phi) is 6.22. The van der Waals surface area contributed by atoms with E-state index in [4.69, 9.17) is 0 Å². The predicted octanol–water partition coefficient (Wildman–Crippen LogP) is 3.28. The van der Waals surface area contributed by atoms with Crippen molar-refractivity contribution >= 4 is 0 Å². The molecule has 1 saturated carbocycles. The number of aromatic nitrogens is 3. The van der Waals surface area contributed by atoms with Gasteiger partial charge in [-0.05, 0) is 24.3 Å². The molecule has 1 aromatic rings. The van der Waals surface area contributed by atoms with E-state index in [2.05, 4.69) is 47.8 Å². The Hall–Kier alpha value is -0.900. The van der Waals surface area contributed by atoms with Crippen LogP contribution in [0.4, 0.5) is 0 Å². The van der Waals surface area contributed by atoms with Crippen LogP contribution < -0.4 is 5.32 Å². The molecule has 1 unspecified atom stereocenters. The highest BCUT2D eigenvalue weighted by atomic mass is 15.3. The molecule has 0 saturated heterocycles. The van der Waals surface area contributed by atoms with Crippen molar-refractivity contribution in [1.29, 1.82) is 0 Å². The molecule has 1 heterocycles. The monoisotopic (exact) mass is 292 g/mol. The first kappa shape index (κ1) is 16.5. The molecule has 1 aromatic heterocycles. The van der Waals surface area contributed by atoms with Crippen molar-refractivity contribution in [3.63, 3.8) is 0 Å². The summed E-state index contributed by atoms with van der Waals surface area (Å²) in [5.74, 6) is 3.35. The lowest BCUT2D eigenvalue weighted by atomic mass is 9.87. The van der Waals surface area contributed by atoms with Crippen LogP contribution in [0, 0.1) is 17.8 Å². The van der Waals surface area contributed by atoms with E-state index >= 15 is 0 Å². The summed E-state index contributed by atoms with van der Waals surface area (Å²) in [6, 6.07) is 0.558. The molecule has 0 amide bonds. The average Bonchev–Trinajstić information content (AvgIpc) is 3.05. The van der Waals surface area contributed by atoms with Crippen LogP contribution in [0.15, 0.2) is 6.33 Å². The summed E-state index contributed by atoms with van der Waals surface area (Å²) in [5, 5.41) is 8.05. The van der Waals surface area contributed by atoms with Crippen LogP contribution in [0.5, 0.6) is 0 Å². The van der Waals surface area contributed by atoms with Gasteiger partial charge in [0.05, 0.1) is 0 Å². The molecule has 1 aliphatic carbocycles. The molecule has 21 heavy (non-hydrogen) atoms. The van der Waals surface area contributed by atoms with E-state index < -0.39 is 0 Å². The summed E-state index contributed by atoms with van der Waals surface area (Å²) in [6.45, 7) is 11.0. The summed E-state index contributed by atoms with van der Waals surface area (Å²) in [7, 11) is 0. The van der Waals surface area contributed by atoms with Gasteiger partial charge in [0, 0.05) is 19.0 Å². The van der Waals surface area contributed by atoms with Crippen molar-refractivity contribution in [3.8, 4) is 0 Å². The molecule has 120 valence electrons. The quantitative estimate of drug-likeness (QED) is 0.799. The molecular formula is C17H32N4. The molecule has 0 bridgehead atoms. The SMILES string of the molecule is CC(C)Cn1ncnc1CC(CNC(C)C)C1CCCC1. The van der Waals surface area contributed by atoms with Gasteiger partial charge in [-0.25, -0.2) is 9.67 Å². The van der Waals surface area contributed by atoms with Crippen molar-refractivity contribution in [2.45, 2.75) is 72.4 Å². The lowest BCUT2D eigenvalue weighted by molar-refractivity contribution is 0.302. The zero-order valence-electron chi connectivity index (χ0n) is 14.2. The third-order valence-corrected chi connectivity index (χ3v) is 4.53. The van der Waals surface area contributed by atoms with Gasteiger partial charge in [-0.2, -0.15) is 5.10 Å². The highest BCUT2D eigenvalue weighted by Gasteiger charge is 2.26. The number of hydrogen-bond acceptors (Lipinski definition) is 3. The van der Waals surface area contributed by atoms with Crippen molar-refractivity contribution < 1.29 is 0 Å². The van der Waals surface area contributed by atoms with Crippen LogP contribution in [-0.4, -0.2) is 27.4 Å². The molecule has 0 aromatic carbocycles. The van der Waals surface area contributed by atoms with Crippen molar-refractivity contribution in [2.24, 2.45) is 17.8 Å².